The van der Waals surface area contributed by atoms with Gasteiger partial charge < -0.3 is 4.52 Å². The van der Waals surface area contributed by atoms with Gasteiger partial charge in [0.2, 0.25) is 13.9 Å². The minimum absolute atomic E-state index is 0. The van der Waals surface area contributed by atoms with Crippen molar-refractivity contribution >= 4 is 60.5 Å². The predicted octanol–water partition coefficient (Wildman–Crippen LogP) is 1.72. The number of benzene rings is 1. The molecule has 1 atom stereocenters. The van der Waals surface area contributed by atoms with Crippen molar-refractivity contribution in [2.24, 2.45) is 5.10 Å². The summed E-state index contributed by atoms with van der Waals surface area (Å²) in [5, 5.41) is 25.0. The summed E-state index contributed by atoms with van der Waals surface area (Å²) >= 11 is 0. The second-order valence-corrected chi connectivity index (χ2v) is 4.74. The van der Waals surface area contributed by atoms with Crippen molar-refractivity contribution in [3.8, 4) is 0 Å². The van der Waals surface area contributed by atoms with Gasteiger partial charge in [-0.05, 0) is 6.07 Å². The molecule has 0 aliphatic heterocycles. The van der Waals surface area contributed by atoms with Crippen molar-refractivity contribution in [1.82, 2.24) is 0 Å². The Morgan fingerprint density at radius 1 is 1.33 bits per heavy atom. The summed E-state index contributed by atoms with van der Waals surface area (Å²) in [7, 11) is -2.22. The standard InChI is InChI=1S/C9H11N4O6P.Na.H/c1-6(19-20(2)18)10-11-8-4-3-7(12(14)15)5-9(8)13(16)17;;/h3-5,11,20H,1-2H3;;. The Balaban J connectivity index is 0.00000400. The molecule has 1 N–H and O–H groups in total. The zero-order chi connectivity index (χ0) is 15.3. The van der Waals surface area contributed by atoms with E-state index in [9.17, 15) is 24.8 Å². The van der Waals surface area contributed by atoms with Gasteiger partial charge in [-0.15, -0.1) is 5.10 Å². The van der Waals surface area contributed by atoms with Crippen LogP contribution < -0.4 is 5.43 Å². The van der Waals surface area contributed by atoms with Gasteiger partial charge in [-0.3, -0.25) is 30.2 Å². The van der Waals surface area contributed by atoms with E-state index in [2.05, 4.69) is 10.5 Å². The van der Waals surface area contributed by atoms with Gasteiger partial charge in [0, 0.05) is 19.7 Å². The quantitative estimate of drug-likeness (QED) is 0.217. The first kappa shape index (κ1) is 19.5. The van der Waals surface area contributed by atoms with Gasteiger partial charge >= 0.3 is 35.2 Å². The molecule has 1 unspecified atom stereocenters. The molecule has 0 spiro atoms. The van der Waals surface area contributed by atoms with Crippen LogP contribution in [0.2, 0.25) is 0 Å². The summed E-state index contributed by atoms with van der Waals surface area (Å²) < 4.78 is 15.6. The minimum atomic E-state index is -2.22. The molecule has 0 fully saturated rings. The first-order valence-electron chi connectivity index (χ1n) is 5.23. The molecule has 1 rings (SSSR count). The summed E-state index contributed by atoms with van der Waals surface area (Å²) in [4.78, 5) is 19.9. The van der Waals surface area contributed by atoms with Crippen LogP contribution in [0.4, 0.5) is 17.1 Å². The van der Waals surface area contributed by atoms with E-state index in [1.807, 2.05) is 0 Å². The van der Waals surface area contributed by atoms with Gasteiger partial charge in [0.1, 0.15) is 5.69 Å². The molecule has 1 aromatic carbocycles. The van der Waals surface area contributed by atoms with Crippen molar-refractivity contribution in [3.05, 3.63) is 38.4 Å². The number of hydrogen-bond acceptors (Lipinski definition) is 8. The number of nitrogens with zero attached hydrogens (tertiary/aromatic N) is 3. The number of hydrazone groups is 1. The van der Waals surface area contributed by atoms with E-state index in [1.54, 1.807) is 0 Å². The third kappa shape index (κ3) is 6.21. The molecule has 12 heteroatoms. The zero-order valence-corrected chi connectivity index (χ0v) is 11.5. The molecule has 21 heavy (non-hydrogen) atoms. The first-order chi connectivity index (χ1) is 9.31. The van der Waals surface area contributed by atoms with Crippen LogP contribution in [0.15, 0.2) is 23.3 Å². The van der Waals surface area contributed by atoms with Crippen molar-refractivity contribution < 1.29 is 18.9 Å². The van der Waals surface area contributed by atoms with E-state index >= 15 is 0 Å². The molecular weight excluding hydrogens is 314 g/mol. The molecule has 0 saturated carbocycles. The van der Waals surface area contributed by atoms with Gasteiger partial charge in [-0.25, -0.2) is 0 Å². The Morgan fingerprint density at radius 3 is 2.43 bits per heavy atom. The van der Waals surface area contributed by atoms with E-state index < -0.39 is 29.2 Å². The maximum absolute atomic E-state index is 10.8. The molecule has 0 amide bonds. The molecule has 110 valence electrons. The summed E-state index contributed by atoms with van der Waals surface area (Å²) in [6.07, 6.45) is 0. The van der Waals surface area contributed by atoms with Crippen LogP contribution in [0.5, 0.6) is 0 Å². The normalized spacial score (nSPS) is 12.0. The van der Waals surface area contributed by atoms with Crippen LogP contribution in [0.1, 0.15) is 6.92 Å². The number of non-ortho nitro benzene ring substituents is 1. The molecule has 0 heterocycles. The number of anilines is 1. The summed E-state index contributed by atoms with van der Waals surface area (Å²) in [6, 6.07) is 3.07. The Morgan fingerprint density at radius 2 is 1.95 bits per heavy atom. The second kappa shape index (κ2) is 8.73. The third-order valence-corrected chi connectivity index (χ3v) is 2.60. The van der Waals surface area contributed by atoms with Crippen molar-refractivity contribution in [2.75, 3.05) is 12.1 Å². The molecule has 1 aromatic rings. The van der Waals surface area contributed by atoms with Crippen LogP contribution >= 0.6 is 8.03 Å². The van der Waals surface area contributed by atoms with Gasteiger partial charge in [-0.1, -0.05) is 0 Å². The number of nitro groups is 2. The second-order valence-electron chi connectivity index (χ2n) is 3.55. The Kier molecular flexibility index (Phi) is 8.11. The molecule has 0 aromatic heterocycles. The number of nitro benzene ring substituents is 2. The molecule has 0 bridgehead atoms. The van der Waals surface area contributed by atoms with Crippen molar-refractivity contribution in [3.63, 3.8) is 0 Å². The van der Waals surface area contributed by atoms with Crippen LogP contribution in [0.25, 0.3) is 0 Å². The molecule has 0 aliphatic rings. The number of rotatable bonds is 5. The Labute approximate surface area is 142 Å². The molecule has 0 aliphatic carbocycles. The van der Waals surface area contributed by atoms with E-state index in [4.69, 9.17) is 4.52 Å². The molecule has 0 radical (unpaired) electrons. The van der Waals surface area contributed by atoms with Gasteiger partial charge in [0.05, 0.1) is 15.9 Å². The fourth-order valence-corrected chi connectivity index (χ4v) is 1.71. The molecule has 0 saturated heterocycles. The topological polar surface area (TPSA) is 137 Å². The van der Waals surface area contributed by atoms with Gasteiger partial charge in [0.25, 0.3) is 5.69 Å². The van der Waals surface area contributed by atoms with E-state index in [0.29, 0.717) is 0 Å². The monoisotopic (exact) mass is 326 g/mol. The van der Waals surface area contributed by atoms with Crippen LogP contribution in [-0.2, 0) is 9.09 Å². The summed E-state index contributed by atoms with van der Waals surface area (Å²) in [6.45, 7) is 2.77. The molecular formula is C9H12N4NaO6P. The fraction of sp³-hybridized carbons (Fsp3) is 0.222. The van der Waals surface area contributed by atoms with Crippen LogP contribution in [0.3, 0.4) is 0 Å². The van der Waals surface area contributed by atoms with Gasteiger partial charge in [-0.2, -0.15) is 0 Å². The summed E-state index contributed by atoms with van der Waals surface area (Å²) in [5.41, 5.74) is 1.39. The van der Waals surface area contributed by atoms with Crippen molar-refractivity contribution in [1.29, 1.82) is 0 Å². The number of hydrogen-bond donors (Lipinski definition) is 1. The average Bonchev–Trinajstić information content (AvgIpc) is 2.35. The average molecular weight is 326 g/mol. The zero-order valence-electron chi connectivity index (χ0n) is 10.5. The predicted molar refractivity (Wildman–Crippen MR) is 79.6 cm³/mol. The fourth-order valence-electron chi connectivity index (χ4n) is 1.25. The van der Waals surface area contributed by atoms with Crippen LogP contribution in [-0.4, -0.2) is 52.0 Å². The maximum atomic E-state index is 10.8. The van der Waals surface area contributed by atoms with Gasteiger partial charge in [0.15, 0.2) is 0 Å². The Hall–Kier alpha value is -1.48. The Bertz CT molecular complexity index is 608. The van der Waals surface area contributed by atoms with E-state index in [1.165, 1.54) is 13.6 Å². The van der Waals surface area contributed by atoms with E-state index in [-0.39, 0.29) is 41.1 Å². The third-order valence-electron chi connectivity index (χ3n) is 2.01. The van der Waals surface area contributed by atoms with Crippen LogP contribution in [0, 0.1) is 20.2 Å². The van der Waals surface area contributed by atoms with E-state index in [0.717, 1.165) is 18.2 Å². The number of nitrogens with one attached hydrogen (secondary N) is 1. The SMILES string of the molecule is CC(=NNc1ccc([N+](=O)[O-])cc1[N+](=O)[O-])O[PH](C)=O.[NaH]. The van der Waals surface area contributed by atoms with Crippen molar-refractivity contribution in [2.45, 2.75) is 6.92 Å². The first-order valence-corrected chi connectivity index (χ1v) is 7.04. The molecule has 10 nitrogen and oxygen atoms in total. The summed E-state index contributed by atoms with van der Waals surface area (Å²) in [5.74, 6) is 0.0315.